The van der Waals surface area contributed by atoms with Gasteiger partial charge < -0.3 is 15.7 Å². The average molecular weight is 396 g/mol. The molecule has 0 saturated heterocycles. The molecule has 2 amide bonds. The third-order valence-electron chi connectivity index (χ3n) is 5.72. The van der Waals surface area contributed by atoms with E-state index in [0.29, 0.717) is 29.4 Å². The molecule has 154 valence electrons. The number of nitrogens with one attached hydrogen (secondary N) is 2. The highest BCUT2D eigenvalue weighted by Gasteiger charge is 2.30. The van der Waals surface area contributed by atoms with Crippen molar-refractivity contribution in [3.05, 3.63) is 30.0 Å². The summed E-state index contributed by atoms with van der Waals surface area (Å²) in [6.07, 6.45) is 7.11. The number of hydrogen-bond donors (Lipinski definition) is 3. The molecule has 0 unspecified atom stereocenters. The number of benzene rings is 1. The van der Waals surface area contributed by atoms with Crippen molar-refractivity contribution in [2.24, 2.45) is 5.92 Å². The van der Waals surface area contributed by atoms with E-state index in [9.17, 15) is 14.7 Å². The van der Waals surface area contributed by atoms with Crippen molar-refractivity contribution in [3.63, 3.8) is 0 Å². The van der Waals surface area contributed by atoms with Crippen molar-refractivity contribution in [2.45, 2.75) is 57.8 Å². The molecule has 1 heterocycles. The normalized spacial score (nSPS) is 16.7. The minimum absolute atomic E-state index is 0.00228. The van der Waals surface area contributed by atoms with Gasteiger partial charge in [0.1, 0.15) is 5.75 Å². The summed E-state index contributed by atoms with van der Waals surface area (Å²) in [5.74, 6) is 0.443. The van der Waals surface area contributed by atoms with Crippen molar-refractivity contribution in [1.82, 2.24) is 15.1 Å². The third kappa shape index (κ3) is 4.28. The molecule has 2 fully saturated rings. The number of rotatable bonds is 6. The van der Waals surface area contributed by atoms with Crippen molar-refractivity contribution in [2.75, 3.05) is 11.9 Å². The van der Waals surface area contributed by atoms with Gasteiger partial charge in [0.2, 0.25) is 5.91 Å². The molecular formula is C22H28N4O3. The van der Waals surface area contributed by atoms with Gasteiger partial charge >= 0.3 is 6.03 Å². The first kappa shape index (κ1) is 19.5. The SMILES string of the molecule is CCCNC(=O)n1nc(-c2ccc(NC(=O)C3CC3)cc2O)cc1C1CCCC1. The summed E-state index contributed by atoms with van der Waals surface area (Å²) in [6.45, 7) is 2.60. The molecule has 3 N–H and O–H groups in total. The fourth-order valence-corrected chi connectivity index (χ4v) is 3.92. The molecule has 1 aromatic carbocycles. The van der Waals surface area contributed by atoms with Crippen LogP contribution in [-0.4, -0.2) is 33.4 Å². The van der Waals surface area contributed by atoms with Gasteiger partial charge in [-0.1, -0.05) is 19.8 Å². The molecule has 4 rings (SSSR count). The van der Waals surface area contributed by atoms with Crippen molar-refractivity contribution >= 4 is 17.6 Å². The summed E-state index contributed by atoms with van der Waals surface area (Å²) in [4.78, 5) is 24.6. The van der Waals surface area contributed by atoms with Gasteiger partial charge in [0.05, 0.1) is 11.4 Å². The molecule has 2 aliphatic carbocycles. The first-order valence-corrected chi connectivity index (χ1v) is 10.6. The highest BCUT2D eigenvalue weighted by atomic mass is 16.3. The van der Waals surface area contributed by atoms with Crippen LogP contribution in [0.5, 0.6) is 5.75 Å². The zero-order valence-electron chi connectivity index (χ0n) is 16.8. The molecule has 2 aromatic rings. The molecule has 0 aliphatic heterocycles. The lowest BCUT2D eigenvalue weighted by molar-refractivity contribution is -0.117. The van der Waals surface area contributed by atoms with E-state index in [-0.39, 0.29) is 23.6 Å². The Bertz CT molecular complexity index is 911. The number of anilines is 1. The zero-order valence-corrected chi connectivity index (χ0v) is 16.8. The van der Waals surface area contributed by atoms with Crippen LogP contribution in [-0.2, 0) is 4.79 Å². The summed E-state index contributed by atoms with van der Waals surface area (Å²) in [6, 6.07) is 6.74. The van der Waals surface area contributed by atoms with Crippen LogP contribution < -0.4 is 10.6 Å². The van der Waals surface area contributed by atoms with E-state index in [1.807, 2.05) is 13.0 Å². The van der Waals surface area contributed by atoms with Crippen LogP contribution in [0, 0.1) is 5.92 Å². The molecular weight excluding hydrogens is 368 g/mol. The Morgan fingerprint density at radius 2 is 1.93 bits per heavy atom. The van der Waals surface area contributed by atoms with E-state index in [0.717, 1.165) is 50.6 Å². The number of carbonyl (C=O) groups is 2. The average Bonchev–Trinajstić information content (AvgIpc) is 3.24. The Balaban J connectivity index is 1.61. The number of aromatic nitrogens is 2. The van der Waals surface area contributed by atoms with Gasteiger partial charge in [0.15, 0.2) is 0 Å². The molecule has 0 spiro atoms. The fourth-order valence-electron chi connectivity index (χ4n) is 3.92. The number of nitrogens with zero attached hydrogens (tertiary/aromatic N) is 2. The lowest BCUT2D eigenvalue weighted by Gasteiger charge is -2.11. The summed E-state index contributed by atoms with van der Waals surface area (Å²) in [5.41, 5.74) is 2.59. The number of phenols is 1. The maximum Gasteiger partial charge on any atom is 0.342 e. The van der Waals surface area contributed by atoms with Crippen LogP contribution >= 0.6 is 0 Å². The predicted molar refractivity (Wildman–Crippen MR) is 111 cm³/mol. The summed E-state index contributed by atoms with van der Waals surface area (Å²) >= 11 is 0. The quantitative estimate of drug-likeness (QED) is 0.681. The van der Waals surface area contributed by atoms with E-state index < -0.39 is 0 Å². The maximum atomic E-state index is 12.6. The van der Waals surface area contributed by atoms with Crippen LogP contribution in [0.15, 0.2) is 24.3 Å². The highest BCUT2D eigenvalue weighted by Crippen LogP contribution is 2.38. The summed E-state index contributed by atoms with van der Waals surface area (Å²) < 4.78 is 1.46. The molecule has 0 bridgehead atoms. The highest BCUT2D eigenvalue weighted by molar-refractivity contribution is 5.94. The topological polar surface area (TPSA) is 96.3 Å². The van der Waals surface area contributed by atoms with Crippen LogP contribution in [0.1, 0.15) is 63.5 Å². The smallest absolute Gasteiger partial charge is 0.342 e. The second kappa shape index (κ2) is 8.27. The zero-order chi connectivity index (χ0) is 20.4. The van der Waals surface area contributed by atoms with Gasteiger partial charge in [-0.15, -0.1) is 0 Å². The number of phenolic OH excluding ortho intramolecular Hbond substituents is 1. The minimum Gasteiger partial charge on any atom is -0.507 e. The van der Waals surface area contributed by atoms with Crippen LogP contribution in [0.4, 0.5) is 10.5 Å². The van der Waals surface area contributed by atoms with Crippen LogP contribution in [0.3, 0.4) is 0 Å². The number of carbonyl (C=O) groups excluding carboxylic acids is 2. The lowest BCUT2D eigenvalue weighted by atomic mass is 10.0. The first-order valence-electron chi connectivity index (χ1n) is 10.6. The molecule has 29 heavy (non-hydrogen) atoms. The van der Waals surface area contributed by atoms with Crippen LogP contribution in [0.25, 0.3) is 11.3 Å². The van der Waals surface area contributed by atoms with Gasteiger partial charge in [-0.05, 0) is 50.3 Å². The maximum absolute atomic E-state index is 12.6. The first-order chi connectivity index (χ1) is 14.1. The molecule has 7 nitrogen and oxygen atoms in total. The fraction of sp³-hybridized carbons (Fsp3) is 0.500. The van der Waals surface area contributed by atoms with E-state index in [1.165, 1.54) is 4.68 Å². The molecule has 7 heteroatoms. The van der Waals surface area contributed by atoms with E-state index >= 15 is 0 Å². The Hall–Kier alpha value is -2.83. The van der Waals surface area contributed by atoms with Gasteiger partial charge in [0.25, 0.3) is 0 Å². The molecule has 0 radical (unpaired) electrons. The largest absolute Gasteiger partial charge is 0.507 e. The number of aromatic hydroxyl groups is 1. The molecule has 2 saturated carbocycles. The predicted octanol–water partition coefficient (Wildman–Crippen LogP) is 4.23. The van der Waals surface area contributed by atoms with Crippen molar-refractivity contribution in [1.29, 1.82) is 0 Å². The summed E-state index contributed by atoms with van der Waals surface area (Å²) in [5, 5.41) is 20.8. The van der Waals surface area contributed by atoms with E-state index in [2.05, 4.69) is 15.7 Å². The summed E-state index contributed by atoms with van der Waals surface area (Å²) in [7, 11) is 0. The number of hydrogen-bond acceptors (Lipinski definition) is 4. The lowest BCUT2D eigenvalue weighted by Crippen LogP contribution is -2.31. The van der Waals surface area contributed by atoms with E-state index in [4.69, 9.17) is 0 Å². The van der Waals surface area contributed by atoms with Crippen molar-refractivity contribution < 1.29 is 14.7 Å². The second-order valence-electron chi connectivity index (χ2n) is 8.08. The van der Waals surface area contributed by atoms with Gasteiger partial charge in [-0.2, -0.15) is 9.78 Å². The Kier molecular flexibility index (Phi) is 5.56. The Morgan fingerprint density at radius 1 is 1.17 bits per heavy atom. The van der Waals surface area contributed by atoms with Gasteiger partial charge in [0, 0.05) is 35.7 Å². The third-order valence-corrected chi connectivity index (χ3v) is 5.72. The van der Waals surface area contributed by atoms with Crippen molar-refractivity contribution in [3.8, 4) is 17.0 Å². The van der Waals surface area contributed by atoms with Gasteiger partial charge in [-0.3, -0.25) is 4.79 Å². The molecule has 2 aliphatic rings. The Labute approximate surface area is 170 Å². The minimum atomic E-state index is -0.229. The second-order valence-corrected chi connectivity index (χ2v) is 8.08. The van der Waals surface area contributed by atoms with Crippen LogP contribution in [0.2, 0.25) is 0 Å². The monoisotopic (exact) mass is 396 g/mol. The van der Waals surface area contributed by atoms with Gasteiger partial charge in [-0.25, -0.2) is 4.79 Å². The standard InChI is InChI=1S/C22H28N4O3/c1-2-11-23-22(29)26-19(14-5-3-4-6-14)13-18(25-26)17-10-9-16(12-20(17)27)24-21(28)15-7-8-15/h9-10,12-15,27H,2-8,11H2,1H3,(H,23,29)(H,24,28). The van der Waals surface area contributed by atoms with E-state index in [1.54, 1.807) is 18.2 Å². The number of amides is 2. The molecule has 1 aromatic heterocycles. The Morgan fingerprint density at radius 3 is 2.59 bits per heavy atom. The molecule has 0 atom stereocenters.